The summed E-state index contributed by atoms with van der Waals surface area (Å²) in [5.74, 6) is 0.142. The molecule has 3 nitrogen and oxygen atoms in total. The van der Waals surface area contributed by atoms with Gasteiger partial charge < -0.3 is 9.64 Å². The van der Waals surface area contributed by atoms with Crippen LogP contribution in [0.3, 0.4) is 0 Å². The van der Waals surface area contributed by atoms with Gasteiger partial charge in [-0.25, -0.2) is 0 Å². The van der Waals surface area contributed by atoms with Crippen molar-refractivity contribution in [3.63, 3.8) is 0 Å². The first-order valence-corrected chi connectivity index (χ1v) is 7.00. The quantitative estimate of drug-likeness (QED) is 0.733. The lowest BCUT2D eigenvalue weighted by Crippen LogP contribution is -2.45. The van der Waals surface area contributed by atoms with E-state index in [4.69, 9.17) is 4.74 Å². The lowest BCUT2D eigenvalue weighted by molar-refractivity contribution is -0.0303. The molecule has 17 heavy (non-hydrogen) atoms. The Morgan fingerprint density at radius 3 is 2.65 bits per heavy atom. The zero-order valence-electron chi connectivity index (χ0n) is 9.43. The number of likely N-dealkylation sites (tertiary alicyclic amines) is 1. The molecule has 2 bridgehead atoms. The molecule has 2 aliphatic rings. The summed E-state index contributed by atoms with van der Waals surface area (Å²) in [7, 11) is 0. The number of hydrogen-bond acceptors (Lipinski definition) is 2. The Kier molecular flexibility index (Phi) is 3.08. The van der Waals surface area contributed by atoms with Gasteiger partial charge in [0, 0.05) is 22.2 Å². The number of morpholine rings is 1. The Labute approximate surface area is 114 Å². The lowest BCUT2D eigenvalue weighted by Gasteiger charge is -2.32. The maximum Gasteiger partial charge on any atom is 0.254 e. The summed E-state index contributed by atoms with van der Waals surface area (Å²) >= 11 is 2.23. The number of ether oxygens (including phenoxy) is 1. The zero-order chi connectivity index (χ0) is 11.8. The molecule has 4 heteroatoms. The average molecular weight is 343 g/mol. The molecule has 3 rings (SSSR count). The number of carbonyl (C=O) groups excluding carboxylic acids is 1. The molecule has 0 saturated carbocycles. The number of carbonyl (C=O) groups is 1. The number of hydrogen-bond donors (Lipinski definition) is 0. The van der Waals surface area contributed by atoms with E-state index in [0.717, 1.165) is 35.1 Å². The third-order valence-corrected chi connectivity index (χ3v) is 4.07. The van der Waals surface area contributed by atoms with Gasteiger partial charge in [0.1, 0.15) is 0 Å². The van der Waals surface area contributed by atoms with E-state index in [-0.39, 0.29) is 18.1 Å². The summed E-state index contributed by atoms with van der Waals surface area (Å²) in [6, 6.07) is 7.77. The monoisotopic (exact) mass is 343 g/mol. The van der Waals surface area contributed by atoms with Crippen LogP contribution in [-0.2, 0) is 4.74 Å². The standard InChI is InChI=1S/C13H14INO2/c14-10-3-1-2-9(6-10)13(16)15-7-11-4-5-12(8-15)17-11/h1-3,6,11-12H,4-5,7-8H2. The molecular formula is C13H14INO2. The van der Waals surface area contributed by atoms with Crippen LogP contribution in [0.15, 0.2) is 24.3 Å². The number of amides is 1. The van der Waals surface area contributed by atoms with Gasteiger partial charge in [-0.1, -0.05) is 6.07 Å². The number of halogens is 1. The number of benzene rings is 1. The molecular weight excluding hydrogens is 329 g/mol. The third-order valence-electron chi connectivity index (χ3n) is 3.40. The Morgan fingerprint density at radius 2 is 2.00 bits per heavy atom. The van der Waals surface area contributed by atoms with Crippen LogP contribution in [-0.4, -0.2) is 36.1 Å². The molecule has 0 aromatic heterocycles. The Morgan fingerprint density at radius 1 is 1.29 bits per heavy atom. The molecule has 2 saturated heterocycles. The molecule has 2 atom stereocenters. The second-order valence-electron chi connectivity index (χ2n) is 4.68. The second-order valence-corrected chi connectivity index (χ2v) is 5.92. The molecule has 1 aromatic rings. The molecule has 0 radical (unpaired) electrons. The maximum absolute atomic E-state index is 12.3. The summed E-state index contributed by atoms with van der Waals surface area (Å²) in [4.78, 5) is 14.3. The van der Waals surface area contributed by atoms with Gasteiger partial charge in [0.2, 0.25) is 0 Å². The SMILES string of the molecule is O=C(c1cccc(I)c1)N1CC2CCC(C1)O2. The van der Waals surface area contributed by atoms with Crippen LogP contribution in [0.25, 0.3) is 0 Å². The minimum absolute atomic E-state index is 0.142. The first-order valence-electron chi connectivity index (χ1n) is 5.92. The fraction of sp³-hybridized carbons (Fsp3) is 0.462. The van der Waals surface area contributed by atoms with Crippen molar-refractivity contribution in [1.29, 1.82) is 0 Å². The van der Waals surface area contributed by atoms with Gasteiger partial charge in [-0.3, -0.25) is 4.79 Å². The van der Waals surface area contributed by atoms with Crippen LogP contribution in [0.2, 0.25) is 0 Å². The first kappa shape index (κ1) is 11.5. The van der Waals surface area contributed by atoms with Crippen molar-refractivity contribution in [2.75, 3.05) is 13.1 Å². The van der Waals surface area contributed by atoms with E-state index in [1.165, 1.54) is 0 Å². The molecule has 1 amide bonds. The summed E-state index contributed by atoms with van der Waals surface area (Å²) in [6.07, 6.45) is 2.72. The normalized spacial score (nSPS) is 27.2. The van der Waals surface area contributed by atoms with Crippen molar-refractivity contribution in [1.82, 2.24) is 4.90 Å². The molecule has 0 aliphatic carbocycles. The molecule has 2 unspecified atom stereocenters. The maximum atomic E-state index is 12.3. The predicted octanol–water partition coefficient (Wildman–Crippen LogP) is 2.29. The highest BCUT2D eigenvalue weighted by Gasteiger charge is 2.35. The molecule has 1 aromatic carbocycles. The summed E-state index contributed by atoms with van der Waals surface area (Å²) in [5, 5.41) is 0. The van der Waals surface area contributed by atoms with Crippen molar-refractivity contribution in [2.24, 2.45) is 0 Å². The van der Waals surface area contributed by atoms with Crippen LogP contribution in [0.4, 0.5) is 0 Å². The van der Waals surface area contributed by atoms with Crippen molar-refractivity contribution in [2.45, 2.75) is 25.0 Å². The van der Waals surface area contributed by atoms with Gasteiger partial charge in [0.15, 0.2) is 0 Å². The Hall–Kier alpha value is -0.620. The topological polar surface area (TPSA) is 29.5 Å². The molecule has 0 spiro atoms. The van der Waals surface area contributed by atoms with E-state index in [1.807, 2.05) is 29.2 Å². The zero-order valence-corrected chi connectivity index (χ0v) is 11.6. The minimum Gasteiger partial charge on any atom is -0.371 e. The lowest BCUT2D eigenvalue weighted by atomic mass is 10.2. The Bertz CT molecular complexity index is 437. The van der Waals surface area contributed by atoms with Crippen molar-refractivity contribution < 1.29 is 9.53 Å². The van der Waals surface area contributed by atoms with Gasteiger partial charge in [0.25, 0.3) is 5.91 Å². The minimum atomic E-state index is 0.142. The van der Waals surface area contributed by atoms with E-state index < -0.39 is 0 Å². The van der Waals surface area contributed by atoms with E-state index >= 15 is 0 Å². The first-order chi connectivity index (χ1) is 8.22. The molecule has 2 heterocycles. The predicted molar refractivity (Wildman–Crippen MR) is 73.0 cm³/mol. The molecule has 2 aliphatic heterocycles. The highest BCUT2D eigenvalue weighted by Crippen LogP contribution is 2.27. The van der Waals surface area contributed by atoms with Crippen LogP contribution in [0.1, 0.15) is 23.2 Å². The molecule has 0 N–H and O–H groups in total. The number of fused-ring (bicyclic) bond motifs is 2. The Balaban J connectivity index is 1.78. The van der Waals surface area contributed by atoms with Crippen LogP contribution in [0, 0.1) is 3.57 Å². The van der Waals surface area contributed by atoms with Crippen molar-refractivity contribution >= 4 is 28.5 Å². The number of rotatable bonds is 1. The average Bonchev–Trinajstić information content (AvgIpc) is 2.67. The number of nitrogens with zero attached hydrogens (tertiary/aromatic N) is 1. The highest BCUT2D eigenvalue weighted by atomic mass is 127. The summed E-state index contributed by atoms with van der Waals surface area (Å²) < 4.78 is 6.84. The summed E-state index contributed by atoms with van der Waals surface area (Å²) in [5.41, 5.74) is 0.790. The van der Waals surface area contributed by atoms with Gasteiger partial charge in [-0.2, -0.15) is 0 Å². The smallest absolute Gasteiger partial charge is 0.254 e. The van der Waals surface area contributed by atoms with E-state index in [9.17, 15) is 4.79 Å². The largest absolute Gasteiger partial charge is 0.371 e. The van der Waals surface area contributed by atoms with Crippen LogP contribution >= 0.6 is 22.6 Å². The fourth-order valence-corrected chi connectivity index (χ4v) is 3.13. The summed E-state index contributed by atoms with van der Waals surface area (Å²) in [6.45, 7) is 1.50. The van der Waals surface area contributed by atoms with E-state index in [1.54, 1.807) is 0 Å². The highest BCUT2D eigenvalue weighted by molar-refractivity contribution is 14.1. The second kappa shape index (κ2) is 4.57. The van der Waals surface area contributed by atoms with E-state index in [2.05, 4.69) is 22.6 Å². The fourth-order valence-electron chi connectivity index (χ4n) is 2.58. The van der Waals surface area contributed by atoms with Gasteiger partial charge in [0.05, 0.1) is 12.2 Å². The van der Waals surface area contributed by atoms with E-state index in [0.29, 0.717) is 0 Å². The molecule has 2 fully saturated rings. The van der Waals surface area contributed by atoms with Crippen molar-refractivity contribution in [3.8, 4) is 0 Å². The van der Waals surface area contributed by atoms with Crippen molar-refractivity contribution in [3.05, 3.63) is 33.4 Å². The van der Waals surface area contributed by atoms with Gasteiger partial charge in [-0.05, 0) is 53.6 Å². The molecule has 90 valence electrons. The van der Waals surface area contributed by atoms with Crippen LogP contribution in [0.5, 0.6) is 0 Å². The van der Waals surface area contributed by atoms with Gasteiger partial charge in [-0.15, -0.1) is 0 Å². The van der Waals surface area contributed by atoms with Crippen LogP contribution < -0.4 is 0 Å². The third kappa shape index (κ3) is 2.33. The van der Waals surface area contributed by atoms with Gasteiger partial charge >= 0.3 is 0 Å².